The second kappa shape index (κ2) is 9.24. The minimum absolute atomic E-state index is 0.0659. The summed E-state index contributed by atoms with van der Waals surface area (Å²) in [6.07, 6.45) is 6.83. The van der Waals surface area contributed by atoms with Crippen LogP contribution < -0.4 is 14.8 Å². The number of benzene rings is 2. The van der Waals surface area contributed by atoms with Gasteiger partial charge in [0.25, 0.3) is 15.9 Å². The van der Waals surface area contributed by atoms with Crippen molar-refractivity contribution < 1.29 is 17.9 Å². The smallest absolute Gasteiger partial charge is 0.262 e. The quantitative estimate of drug-likeness (QED) is 0.334. The Kier molecular flexibility index (Phi) is 5.73. The van der Waals surface area contributed by atoms with E-state index in [0.717, 1.165) is 33.2 Å². The second-order valence-electron chi connectivity index (χ2n) is 8.77. The molecule has 1 aliphatic heterocycles. The van der Waals surface area contributed by atoms with Crippen molar-refractivity contribution in [1.29, 1.82) is 0 Å². The molecule has 0 radical (unpaired) electrons. The molecule has 3 aromatic heterocycles. The van der Waals surface area contributed by atoms with Crippen LogP contribution in [0.2, 0.25) is 0 Å². The van der Waals surface area contributed by atoms with Gasteiger partial charge >= 0.3 is 0 Å². The lowest BCUT2D eigenvalue weighted by Crippen LogP contribution is -2.23. The third kappa shape index (κ3) is 4.31. The second-order valence-corrected chi connectivity index (χ2v) is 10.5. The molecule has 0 spiro atoms. The molecule has 5 aromatic rings. The lowest BCUT2D eigenvalue weighted by Gasteiger charge is -2.15. The maximum absolute atomic E-state index is 13.3. The van der Waals surface area contributed by atoms with Gasteiger partial charge in [-0.15, -0.1) is 0 Å². The van der Waals surface area contributed by atoms with Gasteiger partial charge in [-0.3, -0.25) is 19.5 Å². The largest absolute Gasteiger partial charge is 0.480 e. The Bertz CT molecular complexity index is 1840. The van der Waals surface area contributed by atoms with Crippen molar-refractivity contribution in [3.8, 4) is 28.1 Å². The Morgan fingerprint density at radius 3 is 2.63 bits per heavy atom. The molecule has 0 fully saturated rings. The highest BCUT2D eigenvalue weighted by molar-refractivity contribution is 7.92. The van der Waals surface area contributed by atoms with Crippen molar-refractivity contribution in [2.24, 2.45) is 0 Å². The first-order valence-corrected chi connectivity index (χ1v) is 13.2. The number of ether oxygens (including phenoxy) is 1. The normalized spacial score (nSPS) is 14.2. The summed E-state index contributed by atoms with van der Waals surface area (Å²) in [4.78, 5) is 26.1. The predicted octanol–water partition coefficient (Wildman–Crippen LogP) is 4.41. The number of carbonyl (C=O) groups excluding carboxylic acids is 1. The Hall–Kier alpha value is -4.83. The number of hydrogen-bond acceptors (Lipinski definition) is 7. The van der Waals surface area contributed by atoms with Crippen molar-refractivity contribution in [1.82, 2.24) is 20.3 Å². The van der Waals surface area contributed by atoms with Gasteiger partial charge in [-0.2, -0.15) is 0 Å². The van der Waals surface area contributed by atoms with E-state index in [9.17, 15) is 13.2 Å². The Labute approximate surface area is 218 Å². The van der Waals surface area contributed by atoms with E-state index >= 15 is 0 Å². The molecule has 1 amide bonds. The number of sulfonamides is 1. The van der Waals surface area contributed by atoms with Gasteiger partial charge in [-0.1, -0.05) is 12.1 Å². The zero-order valence-electron chi connectivity index (χ0n) is 20.2. The SMILES string of the molecule is COc1ncc2cc1NS(=O)(=O)c1cccc(c1)C(=O)NCc1cncc(c1)-c1ccnc3ccc-2cc13. The first-order chi connectivity index (χ1) is 18.4. The highest BCUT2D eigenvalue weighted by Crippen LogP contribution is 2.34. The maximum atomic E-state index is 13.3. The highest BCUT2D eigenvalue weighted by Gasteiger charge is 2.20. The number of pyridine rings is 3. The predicted molar refractivity (Wildman–Crippen MR) is 143 cm³/mol. The van der Waals surface area contributed by atoms with E-state index in [-0.39, 0.29) is 28.6 Å². The van der Waals surface area contributed by atoms with Gasteiger partial charge < -0.3 is 10.1 Å². The van der Waals surface area contributed by atoms with E-state index in [4.69, 9.17) is 4.74 Å². The van der Waals surface area contributed by atoms with Crippen LogP contribution in [-0.4, -0.2) is 36.4 Å². The fourth-order valence-electron chi connectivity index (χ4n) is 4.45. The standard InChI is InChI=1S/C28H21N5O4S/c1-37-28-26-12-20(16-32-28)18-5-6-25-24(11-18)23(7-8-30-25)21-9-17(13-29-15-21)14-31-27(34)19-3-2-4-22(10-19)38(35,36)33-26/h2-13,15-16,33H,14H2,1H3,(H,31,34). The molecular formula is C28H21N5O4S. The monoisotopic (exact) mass is 523 g/mol. The van der Waals surface area contributed by atoms with Crippen LogP contribution in [0.5, 0.6) is 5.88 Å². The van der Waals surface area contributed by atoms with Crippen molar-refractivity contribution in [2.45, 2.75) is 11.4 Å². The minimum Gasteiger partial charge on any atom is -0.480 e. The lowest BCUT2D eigenvalue weighted by molar-refractivity contribution is 0.0950. The molecule has 9 nitrogen and oxygen atoms in total. The summed E-state index contributed by atoms with van der Waals surface area (Å²) in [6, 6.07) is 17.2. The maximum Gasteiger partial charge on any atom is 0.262 e. The van der Waals surface area contributed by atoms with Gasteiger partial charge in [0.15, 0.2) is 0 Å². The molecule has 6 rings (SSSR count). The number of nitrogens with zero attached hydrogens (tertiary/aromatic N) is 3. The van der Waals surface area contributed by atoms with Crippen molar-refractivity contribution >= 4 is 32.5 Å². The molecule has 0 aliphatic carbocycles. The van der Waals surface area contributed by atoms with Crippen LogP contribution in [0.15, 0.2) is 90.3 Å². The number of carbonyl (C=O) groups is 1. The molecule has 8 bridgehead atoms. The number of methoxy groups -OCH3 is 1. The summed E-state index contributed by atoms with van der Waals surface area (Å²) >= 11 is 0. The summed E-state index contributed by atoms with van der Waals surface area (Å²) in [6.45, 7) is 0.219. The minimum atomic E-state index is -4.07. The van der Waals surface area contributed by atoms with Gasteiger partial charge in [0.1, 0.15) is 5.69 Å². The Balaban J connectivity index is 1.59. The number of aromatic nitrogens is 3. The van der Waals surface area contributed by atoms with Crippen LogP contribution in [-0.2, 0) is 16.6 Å². The van der Waals surface area contributed by atoms with E-state index in [1.807, 2.05) is 30.3 Å². The summed E-state index contributed by atoms with van der Waals surface area (Å²) in [5, 5.41) is 3.74. The molecule has 2 N–H and O–H groups in total. The van der Waals surface area contributed by atoms with Crippen molar-refractivity contribution in [3.05, 3.63) is 96.6 Å². The molecule has 4 heterocycles. The molecular weight excluding hydrogens is 502 g/mol. The fraction of sp³-hybridized carbons (Fsp3) is 0.0714. The van der Waals surface area contributed by atoms with E-state index in [2.05, 4.69) is 25.0 Å². The number of fused-ring (bicyclic) bond motifs is 9. The van der Waals surface area contributed by atoms with Crippen LogP contribution >= 0.6 is 0 Å². The van der Waals surface area contributed by atoms with Crippen LogP contribution in [0.4, 0.5) is 5.69 Å². The number of amides is 1. The van der Waals surface area contributed by atoms with Gasteiger partial charge in [0, 0.05) is 53.4 Å². The molecule has 0 atom stereocenters. The van der Waals surface area contributed by atoms with Crippen molar-refractivity contribution in [3.63, 3.8) is 0 Å². The van der Waals surface area contributed by atoms with Gasteiger partial charge in [-0.25, -0.2) is 13.4 Å². The fourth-order valence-corrected chi connectivity index (χ4v) is 5.54. The third-order valence-corrected chi connectivity index (χ3v) is 7.69. The zero-order valence-corrected chi connectivity index (χ0v) is 21.0. The lowest BCUT2D eigenvalue weighted by atomic mass is 9.98. The molecule has 0 unspecified atom stereocenters. The topological polar surface area (TPSA) is 123 Å². The van der Waals surface area contributed by atoms with E-state index in [0.29, 0.717) is 5.56 Å². The number of hydrogen-bond donors (Lipinski definition) is 2. The zero-order chi connectivity index (χ0) is 26.3. The van der Waals surface area contributed by atoms with Crippen LogP contribution in [0, 0.1) is 0 Å². The van der Waals surface area contributed by atoms with Crippen LogP contribution in [0.25, 0.3) is 33.2 Å². The van der Waals surface area contributed by atoms with Crippen LogP contribution in [0.1, 0.15) is 15.9 Å². The van der Waals surface area contributed by atoms with Gasteiger partial charge in [0.05, 0.1) is 17.5 Å². The molecule has 0 saturated heterocycles. The van der Waals surface area contributed by atoms with Crippen molar-refractivity contribution in [2.75, 3.05) is 11.8 Å². The number of nitrogens with one attached hydrogen (secondary N) is 2. The van der Waals surface area contributed by atoms with Crippen LogP contribution in [0.3, 0.4) is 0 Å². The first kappa shape index (κ1) is 23.6. The molecule has 1 aliphatic rings. The average Bonchev–Trinajstić information content (AvgIpc) is 2.95. The first-order valence-electron chi connectivity index (χ1n) is 11.7. The van der Waals surface area contributed by atoms with Gasteiger partial charge in [0.2, 0.25) is 5.88 Å². The summed E-state index contributed by atoms with van der Waals surface area (Å²) in [5.41, 5.74) is 5.28. The third-order valence-electron chi connectivity index (χ3n) is 6.33. The Morgan fingerprint density at radius 1 is 0.868 bits per heavy atom. The van der Waals surface area contributed by atoms with Gasteiger partial charge in [-0.05, 0) is 65.2 Å². The molecule has 2 aromatic carbocycles. The molecule has 38 heavy (non-hydrogen) atoms. The summed E-state index contributed by atoms with van der Waals surface area (Å²) in [7, 11) is -2.65. The molecule has 188 valence electrons. The number of anilines is 1. The van der Waals surface area contributed by atoms with E-state index in [1.54, 1.807) is 36.9 Å². The Morgan fingerprint density at radius 2 is 1.76 bits per heavy atom. The van der Waals surface area contributed by atoms with E-state index < -0.39 is 15.9 Å². The molecule has 0 saturated carbocycles. The van der Waals surface area contributed by atoms with E-state index in [1.165, 1.54) is 25.3 Å². The summed E-state index contributed by atoms with van der Waals surface area (Å²) < 4.78 is 34.5. The average molecular weight is 524 g/mol. The summed E-state index contributed by atoms with van der Waals surface area (Å²) in [5.74, 6) is -0.291. The number of rotatable bonds is 1. The molecule has 10 heteroatoms. The highest BCUT2D eigenvalue weighted by atomic mass is 32.2.